The third kappa shape index (κ3) is 5.23. The molecule has 122 valence electrons. The maximum Gasteiger partial charge on any atom is 0.387 e. The molecule has 0 saturated carbocycles. The van der Waals surface area contributed by atoms with Gasteiger partial charge in [0.1, 0.15) is 5.75 Å². The van der Waals surface area contributed by atoms with Crippen molar-refractivity contribution < 1.29 is 23.0 Å². The van der Waals surface area contributed by atoms with Gasteiger partial charge in [0.05, 0.1) is 19.8 Å². The first kappa shape index (κ1) is 16.6. The summed E-state index contributed by atoms with van der Waals surface area (Å²) in [6.45, 7) is 0.803. The van der Waals surface area contributed by atoms with E-state index in [2.05, 4.69) is 9.64 Å². The zero-order chi connectivity index (χ0) is 15.9. The molecule has 0 unspecified atom stereocenters. The van der Waals surface area contributed by atoms with Gasteiger partial charge >= 0.3 is 6.61 Å². The van der Waals surface area contributed by atoms with Crippen LogP contribution in [0.3, 0.4) is 0 Å². The Balaban J connectivity index is 1.82. The Morgan fingerprint density at radius 3 is 2.55 bits per heavy atom. The molecule has 1 aromatic rings. The van der Waals surface area contributed by atoms with Gasteiger partial charge in [0.15, 0.2) is 0 Å². The molecule has 0 spiro atoms. The first-order valence-corrected chi connectivity index (χ1v) is 7.12. The van der Waals surface area contributed by atoms with E-state index in [0.717, 1.165) is 18.7 Å². The normalized spacial score (nSPS) is 15.8. The molecule has 1 fully saturated rings. The van der Waals surface area contributed by atoms with Gasteiger partial charge in [0.2, 0.25) is 5.91 Å². The standard InChI is InChI=1S/C15H20F2N2O3/c1-18(14(20)11-19-6-8-21-9-7-19)10-12-2-4-13(5-3-12)22-15(16)17/h2-5,15H,6-11H2,1H3. The van der Waals surface area contributed by atoms with E-state index < -0.39 is 6.61 Å². The summed E-state index contributed by atoms with van der Waals surface area (Å²) in [5, 5.41) is 0. The summed E-state index contributed by atoms with van der Waals surface area (Å²) >= 11 is 0. The molecular weight excluding hydrogens is 294 g/mol. The Labute approximate surface area is 128 Å². The van der Waals surface area contributed by atoms with Gasteiger partial charge in [-0.3, -0.25) is 9.69 Å². The number of likely N-dealkylation sites (N-methyl/N-ethyl adjacent to an activating group) is 1. The lowest BCUT2D eigenvalue weighted by Crippen LogP contribution is -2.43. The molecule has 0 N–H and O–H groups in total. The summed E-state index contributed by atoms with van der Waals surface area (Å²) in [6, 6.07) is 6.30. The molecule has 1 amide bonds. The molecule has 1 saturated heterocycles. The molecule has 1 aliphatic heterocycles. The van der Waals surface area contributed by atoms with Crippen LogP contribution in [0, 0.1) is 0 Å². The molecule has 0 atom stereocenters. The lowest BCUT2D eigenvalue weighted by atomic mass is 10.2. The molecule has 0 aromatic heterocycles. The number of nitrogens with zero attached hydrogens (tertiary/aromatic N) is 2. The number of hydrogen-bond donors (Lipinski definition) is 0. The Bertz CT molecular complexity index is 476. The lowest BCUT2D eigenvalue weighted by Gasteiger charge is -2.28. The van der Waals surface area contributed by atoms with Crippen LogP contribution in [0.15, 0.2) is 24.3 Å². The zero-order valence-corrected chi connectivity index (χ0v) is 12.5. The SMILES string of the molecule is CN(Cc1ccc(OC(F)F)cc1)C(=O)CN1CCOCC1. The summed E-state index contributed by atoms with van der Waals surface area (Å²) < 4.78 is 33.7. The maximum atomic E-state index is 12.1. The van der Waals surface area contributed by atoms with Crippen molar-refractivity contribution in [2.45, 2.75) is 13.2 Å². The highest BCUT2D eigenvalue weighted by atomic mass is 19.3. The van der Waals surface area contributed by atoms with Gasteiger partial charge < -0.3 is 14.4 Å². The topological polar surface area (TPSA) is 42.0 Å². The third-order valence-corrected chi connectivity index (χ3v) is 3.46. The molecule has 22 heavy (non-hydrogen) atoms. The molecule has 0 bridgehead atoms. The van der Waals surface area contributed by atoms with E-state index in [4.69, 9.17) is 4.74 Å². The highest BCUT2D eigenvalue weighted by Gasteiger charge is 2.17. The highest BCUT2D eigenvalue weighted by molar-refractivity contribution is 5.78. The molecule has 1 aromatic carbocycles. The van der Waals surface area contributed by atoms with Crippen LogP contribution in [0.5, 0.6) is 5.75 Å². The van der Waals surface area contributed by atoms with Gasteiger partial charge in [-0.2, -0.15) is 8.78 Å². The van der Waals surface area contributed by atoms with Crippen LogP contribution in [0.2, 0.25) is 0 Å². The van der Waals surface area contributed by atoms with Gasteiger partial charge in [0.25, 0.3) is 0 Å². The van der Waals surface area contributed by atoms with E-state index in [1.165, 1.54) is 12.1 Å². The fourth-order valence-corrected chi connectivity index (χ4v) is 2.21. The second kappa shape index (κ2) is 8.05. The van der Waals surface area contributed by atoms with E-state index in [0.29, 0.717) is 26.3 Å². The van der Waals surface area contributed by atoms with Crippen LogP contribution in [0.4, 0.5) is 8.78 Å². The van der Waals surface area contributed by atoms with E-state index >= 15 is 0 Å². The van der Waals surface area contributed by atoms with Crippen LogP contribution in [-0.4, -0.2) is 62.2 Å². The maximum absolute atomic E-state index is 12.1. The van der Waals surface area contributed by atoms with Crippen molar-refractivity contribution in [3.63, 3.8) is 0 Å². The number of carbonyl (C=O) groups is 1. The van der Waals surface area contributed by atoms with E-state index in [1.54, 1.807) is 24.1 Å². The van der Waals surface area contributed by atoms with Crippen LogP contribution in [0.25, 0.3) is 0 Å². The Morgan fingerprint density at radius 1 is 1.32 bits per heavy atom. The minimum Gasteiger partial charge on any atom is -0.435 e. The second-order valence-corrected chi connectivity index (χ2v) is 5.16. The molecule has 0 aliphatic carbocycles. The molecule has 0 radical (unpaired) electrons. The van der Waals surface area contributed by atoms with Gasteiger partial charge in [-0.1, -0.05) is 12.1 Å². The van der Waals surface area contributed by atoms with Crippen molar-refractivity contribution in [3.8, 4) is 5.75 Å². The number of hydrogen-bond acceptors (Lipinski definition) is 4. The monoisotopic (exact) mass is 314 g/mol. The van der Waals surface area contributed by atoms with Crippen molar-refractivity contribution in [2.75, 3.05) is 39.9 Å². The number of carbonyl (C=O) groups excluding carboxylic acids is 1. The predicted molar refractivity (Wildman–Crippen MR) is 76.8 cm³/mol. The van der Waals surface area contributed by atoms with Gasteiger partial charge in [-0.15, -0.1) is 0 Å². The average Bonchev–Trinajstić information content (AvgIpc) is 2.49. The Morgan fingerprint density at radius 2 is 1.95 bits per heavy atom. The first-order valence-electron chi connectivity index (χ1n) is 7.12. The van der Waals surface area contributed by atoms with Crippen LogP contribution in [0.1, 0.15) is 5.56 Å². The molecule has 1 aliphatic rings. The summed E-state index contributed by atoms with van der Waals surface area (Å²) in [6.07, 6.45) is 0. The number of alkyl halides is 2. The number of ether oxygens (including phenoxy) is 2. The van der Waals surface area contributed by atoms with E-state index in [1.807, 2.05) is 0 Å². The van der Waals surface area contributed by atoms with Crippen molar-refractivity contribution in [1.29, 1.82) is 0 Å². The van der Waals surface area contributed by atoms with E-state index in [9.17, 15) is 13.6 Å². The summed E-state index contributed by atoms with van der Waals surface area (Å²) in [5.74, 6) is 0.135. The number of amides is 1. The lowest BCUT2D eigenvalue weighted by molar-refractivity contribution is -0.132. The van der Waals surface area contributed by atoms with Crippen LogP contribution >= 0.6 is 0 Å². The minimum atomic E-state index is -2.83. The smallest absolute Gasteiger partial charge is 0.387 e. The summed E-state index contributed by atoms with van der Waals surface area (Å²) in [4.78, 5) is 15.8. The number of morpholine rings is 1. The quantitative estimate of drug-likeness (QED) is 0.799. The Hall–Kier alpha value is -1.73. The van der Waals surface area contributed by atoms with Crippen molar-refractivity contribution in [3.05, 3.63) is 29.8 Å². The summed E-state index contributed by atoms with van der Waals surface area (Å²) in [5.41, 5.74) is 0.861. The third-order valence-electron chi connectivity index (χ3n) is 3.46. The van der Waals surface area contributed by atoms with Crippen LogP contribution in [-0.2, 0) is 16.1 Å². The Kier molecular flexibility index (Phi) is 6.09. The number of benzene rings is 1. The zero-order valence-electron chi connectivity index (χ0n) is 12.5. The van der Waals surface area contributed by atoms with Crippen molar-refractivity contribution >= 4 is 5.91 Å². The second-order valence-electron chi connectivity index (χ2n) is 5.16. The minimum absolute atomic E-state index is 0.0230. The van der Waals surface area contributed by atoms with Gasteiger partial charge in [-0.25, -0.2) is 0 Å². The number of rotatable bonds is 6. The fourth-order valence-electron chi connectivity index (χ4n) is 2.21. The summed E-state index contributed by atoms with van der Waals surface area (Å²) in [7, 11) is 1.73. The number of halogens is 2. The molecule has 7 heteroatoms. The molecule has 2 rings (SSSR count). The van der Waals surface area contributed by atoms with E-state index in [-0.39, 0.29) is 11.7 Å². The predicted octanol–water partition coefficient (Wildman–Crippen LogP) is 1.58. The van der Waals surface area contributed by atoms with Gasteiger partial charge in [-0.05, 0) is 17.7 Å². The van der Waals surface area contributed by atoms with Gasteiger partial charge in [0, 0.05) is 26.7 Å². The largest absolute Gasteiger partial charge is 0.435 e. The molecule has 5 nitrogen and oxygen atoms in total. The first-order chi connectivity index (χ1) is 10.5. The molecule has 1 heterocycles. The van der Waals surface area contributed by atoms with Crippen LogP contribution < -0.4 is 4.74 Å². The highest BCUT2D eigenvalue weighted by Crippen LogP contribution is 2.15. The molecular formula is C15H20F2N2O3. The van der Waals surface area contributed by atoms with Crippen molar-refractivity contribution in [2.24, 2.45) is 0 Å². The average molecular weight is 314 g/mol. The fraction of sp³-hybridized carbons (Fsp3) is 0.533. The van der Waals surface area contributed by atoms with Crippen molar-refractivity contribution in [1.82, 2.24) is 9.80 Å².